The molecule has 2 aromatic rings. The summed E-state index contributed by atoms with van der Waals surface area (Å²) in [5.41, 5.74) is 1.29. The van der Waals surface area contributed by atoms with Crippen LogP contribution < -0.4 is 4.74 Å². The Kier molecular flexibility index (Phi) is 10.6. The summed E-state index contributed by atoms with van der Waals surface area (Å²) in [6.07, 6.45) is 14.2. The SMILES string of the molecule is CCCCCCCC(CCCCCC)c1ccccc1Oc1ccccc1O. The molecule has 154 valence electrons. The van der Waals surface area contributed by atoms with Gasteiger partial charge in [-0.15, -0.1) is 0 Å². The molecule has 2 heteroatoms. The smallest absolute Gasteiger partial charge is 0.169 e. The highest BCUT2D eigenvalue weighted by Crippen LogP contribution is 2.38. The third kappa shape index (κ3) is 7.58. The molecule has 0 spiro atoms. The van der Waals surface area contributed by atoms with Crippen molar-refractivity contribution in [3.63, 3.8) is 0 Å². The molecule has 1 N–H and O–H groups in total. The van der Waals surface area contributed by atoms with Gasteiger partial charge in [0, 0.05) is 0 Å². The number of hydrogen-bond donors (Lipinski definition) is 1. The monoisotopic (exact) mass is 382 g/mol. The molecular weight excluding hydrogens is 344 g/mol. The maximum absolute atomic E-state index is 10.1. The van der Waals surface area contributed by atoms with Crippen molar-refractivity contribution in [2.45, 2.75) is 90.4 Å². The maximum atomic E-state index is 10.1. The van der Waals surface area contributed by atoms with Gasteiger partial charge in [-0.3, -0.25) is 0 Å². The summed E-state index contributed by atoms with van der Waals surface area (Å²) in [4.78, 5) is 0. The van der Waals surface area contributed by atoms with Gasteiger partial charge in [0.05, 0.1) is 0 Å². The minimum atomic E-state index is 0.191. The molecule has 0 aliphatic heterocycles. The van der Waals surface area contributed by atoms with E-state index in [2.05, 4.69) is 26.0 Å². The Bertz CT molecular complexity index is 665. The summed E-state index contributed by atoms with van der Waals surface area (Å²) in [6.45, 7) is 4.53. The zero-order valence-corrected chi connectivity index (χ0v) is 17.8. The molecule has 1 unspecified atom stereocenters. The molecule has 2 rings (SSSR count). The second-order valence-electron chi connectivity index (χ2n) is 7.86. The van der Waals surface area contributed by atoms with Crippen LogP contribution in [-0.4, -0.2) is 5.11 Å². The number of hydrogen-bond acceptors (Lipinski definition) is 2. The number of unbranched alkanes of at least 4 members (excludes halogenated alkanes) is 7. The number of phenols is 1. The summed E-state index contributed by atoms with van der Waals surface area (Å²) in [6, 6.07) is 15.6. The molecule has 0 heterocycles. The van der Waals surface area contributed by atoms with Gasteiger partial charge in [-0.2, -0.15) is 0 Å². The normalized spacial score (nSPS) is 12.1. The number of rotatable bonds is 14. The number of aromatic hydroxyl groups is 1. The predicted molar refractivity (Wildman–Crippen MR) is 119 cm³/mol. The van der Waals surface area contributed by atoms with Crippen LogP contribution in [0.2, 0.25) is 0 Å². The first-order chi connectivity index (χ1) is 13.8. The van der Waals surface area contributed by atoms with E-state index in [0.717, 1.165) is 5.75 Å². The van der Waals surface area contributed by atoms with Crippen LogP contribution in [0.15, 0.2) is 48.5 Å². The molecule has 0 aromatic heterocycles. The molecule has 0 bridgehead atoms. The quantitative estimate of drug-likeness (QED) is 0.331. The molecule has 28 heavy (non-hydrogen) atoms. The van der Waals surface area contributed by atoms with E-state index in [1.807, 2.05) is 30.3 Å². The molecule has 0 aliphatic carbocycles. The lowest BCUT2D eigenvalue weighted by Gasteiger charge is -2.21. The molecule has 0 aliphatic rings. The average Bonchev–Trinajstić information content (AvgIpc) is 2.72. The molecular formula is C26H38O2. The van der Waals surface area contributed by atoms with Gasteiger partial charge in [-0.05, 0) is 42.5 Å². The predicted octanol–water partition coefficient (Wildman–Crippen LogP) is 8.60. The van der Waals surface area contributed by atoms with Gasteiger partial charge in [0.15, 0.2) is 11.5 Å². The second-order valence-corrected chi connectivity index (χ2v) is 7.86. The third-order valence-electron chi connectivity index (χ3n) is 5.51. The first-order valence-corrected chi connectivity index (χ1v) is 11.3. The Morgan fingerprint density at radius 3 is 1.86 bits per heavy atom. The summed E-state index contributed by atoms with van der Waals surface area (Å²) < 4.78 is 6.14. The fraction of sp³-hybridized carbons (Fsp3) is 0.538. The summed E-state index contributed by atoms with van der Waals surface area (Å²) in [7, 11) is 0. The molecule has 0 radical (unpaired) electrons. The molecule has 0 saturated heterocycles. The Morgan fingerprint density at radius 2 is 1.21 bits per heavy atom. The van der Waals surface area contributed by atoms with Crippen LogP contribution in [0.3, 0.4) is 0 Å². The number of benzene rings is 2. The standard InChI is InChI=1S/C26H38O2/c1-3-5-7-9-11-17-22(16-10-8-6-4-2)23-18-12-14-20-25(23)28-26-21-15-13-19-24(26)27/h12-15,18-22,27H,3-11,16-17H2,1-2H3. The van der Waals surface area contributed by atoms with Gasteiger partial charge < -0.3 is 9.84 Å². The van der Waals surface area contributed by atoms with Crippen LogP contribution in [0, 0.1) is 0 Å². The minimum Gasteiger partial charge on any atom is -0.504 e. The molecule has 2 aromatic carbocycles. The Labute approximate surface area is 172 Å². The van der Waals surface area contributed by atoms with Crippen molar-refractivity contribution in [3.8, 4) is 17.2 Å². The van der Waals surface area contributed by atoms with Gasteiger partial charge >= 0.3 is 0 Å². The van der Waals surface area contributed by atoms with Crippen LogP contribution in [0.25, 0.3) is 0 Å². The Morgan fingerprint density at radius 1 is 0.679 bits per heavy atom. The van der Waals surface area contributed by atoms with E-state index in [9.17, 15) is 5.11 Å². The molecule has 1 atom stereocenters. The zero-order chi connectivity index (χ0) is 20.0. The lowest BCUT2D eigenvalue weighted by Crippen LogP contribution is -2.02. The van der Waals surface area contributed by atoms with E-state index in [1.165, 1.54) is 76.2 Å². The second kappa shape index (κ2) is 13.3. The lowest BCUT2D eigenvalue weighted by atomic mass is 9.87. The van der Waals surface area contributed by atoms with Crippen molar-refractivity contribution in [2.24, 2.45) is 0 Å². The highest BCUT2D eigenvalue weighted by Gasteiger charge is 2.17. The number of ether oxygens (including phenoxy) is 1. The Balaban J connectivity index is 2.10. The van der Waals surface area contributed by atoms with Crippen molar-refractivity contribution >= 4 is 0 Å². The van der Waals surface area contributed by atoms with E-state index in [0.29, 0.717) is 11.7 Å². The minimum absolute atomic E-state index is 0.191. The van der Waals surface area contributed by atoms with Gasteiger partial charge in [0.1, 0.15) is 5.75 Å². The maximum Gasteiger partial charge on any atom is 0.169 e. The molecule has 0 amide bonds. The van der Waals surface area contributed by atoms with Crippen molar-refractivity contribution < 1.29 is 9.84 Å². The Hall–Kier alpha value is -1.96. The highest BCUT2D eigenvalue weighted by atomic mass is 16.5. The van der Waals surface area contributed by atoms with Gasteiger partial charge in [-0.25, -0.2) is 0 Å². The van der Waals surface area contributed by atoms with Crippen molar-refractivity contribution in [2.75, 3.05) is 0 Å². The molecule has 0 saturated carbocycles. The van der Waals surface area contributed by atoms with Crippen LogP contribution >= 0.6 is 0 Å². The van der Waals surface area contributed by atoms with E-state index in [4.69, 9.17) is 4.74 Å². The van der Waals surface area contributed by atoms with Crippen molar-refractivity contribution in [1.82, 2.24) is 0 Å². The van der Waals surface area contributed by atoms with Crippen LogP contribution in [0.5, 0.6) is 17.2 Å². The lowest BCUT2D eigenvalue weighted by molar-refractivity contribution is 0.402. The van der Waals surface area contributed by atoms with E-state index in [1.54, 1.807) is 6.07 Å². The number of phenolic OH excluding ortho intramolecular Hbond substituents is 1. The molecule has 2 nitrogen and oxygen atoms in total. The summed E-state index contributed by atoms with van der Waals surface area (Å²) in [5.74, 6) is 2.14. The van der Waals surface area contributed by atoms with Crippen molar-refractivity contribution in [3.05, 3.63) is 54.1 Å². The topological polar surface area (TPSA) is 29.5 Å². The summed E-state index contributed by atoms with van der Waals surface area (Å²) >= 11 is 0. The van der Waals surface area contributed by atoms with Gasteiger partial charge in [-0.1, -0.05) is 102 Å². The fourth-order valence-corrected chi connectivity index (χ4v) is 3.84. The first-order valence-electron chi connectivity index (χ1n) is 11.3. The van der Waals surface area contributed by atoms with Crippen LogP contribution in [-0.2, 0) is 0 Å². The van der Waals surface area contributed by atoms with Crippen LogP contribution in [0.4, 0.5) is 0 Å². The summed E-state index contributed by atoms with van der Waals surface area (Å²) in [5, 5.41) is 10.1. The zero-order valence-electron chi connectivity index (χ0n) is 17.8. The fourth-order valence-electron chi connectivity index (χ4n) is 3.84. The van der Waals surface area contributed by atoms with Crippen molar-refractivity contribution in [1.29, 1.82) is 0 Å². The largest absolute Gasteiger partial charge is 0.504 e. The van der Waals surface area contributed by atoms with Gasteiger partial charge in [0.25, 0.3) is 0 Å². The van der Waals surface area contributed by atoms with E-state index >= 15 is 0 Å². The molecule has 0 fully saturated rings. The third-order valence-corrected chi connectivity index (χ3v) is 5.51. The first kappa shape index (κ1) is 22.3. The highest BCUT2D eigenvalue weighted by molar-refractivity contribution is 5.45. The van der Waals surface area contributed by atoms with E-state index in [-0.39, 0.29) is 5.75 Å². The van der Waals surface area contributed by atoms with Gasteiger partial charge in [0.2, 0.25) is 0 Å². The average molecular weight is 383 g/mol. The van der Waals surface area contributed by atoms with Crippen LogP contribution in [0.1, 0.15) is 96.0 Å². The van der Waals surface area contributed by atoms with E-state index < -0.39 is 0 Å². The number of para-hydroxylation sites is 3.